The van der Waals surface area contributed by atoms with Gasteiger partial charge in [0, 0.05) is 22.8 Å². The van der Waals surface area contributed by atoms with Crippen molar-refractivity contribution in [3.63, 3.8) is 0 Å². The van der Waals surface area contributed by atoms with E-state index in [1.165, 1.54) is 0 Å². The summed E-state index contributed by atoms with van der Waals surface area (Å²) in [4.78, 5) is 12.6. The summed E-state index contributed by atoms with van der Waals surface area (Å²) in [5.41, 5.74) is -0.374. The minimum absolute atomic E-state index is 0.0243. The van der Waals surface area contributed by atoms with Crippen LogP contribution in [0.15, 0.2) is 42.7 Å². The lowest BCUT2D eigenvalue weighted by atomic mass is 9.89. The molecule has 3 aromatic carbocycles. The molecule has 0 saturated carbocycles. The van der Waals surface area contributed by atoms with E-state index in [9.17, 15) is 26.3 Å². The van der Waals surface area contributed by atoms with Crippen LogP contribution in [0, 0.1) is 19.3 Å². The number of aryl methyl sites for hydroxylation is 2. The molecule has 0 N–H and O–H groups in total. The van der Waals surface area contributed by atoms with E-state index in [-0.39, 0.29) is 32.2 Å². The summed E-state index contributed by atoms with van der Waals surface area (Å²) in [6, 6.07) is 10.4. The van der Waals surface area contributed by atoms with Gasteiger partial charge in [-0.3, -0.25) is 0 Å². The molecule has 0 fully saturated rings. The Morgan fingerprint density at radius 2 is 1.51 bits per heavy atom. The number of thiazole rings is 1. The summed E-state index contributed by atoms with van der Waals surface area (Å²) in [6.07, 6.45) is -8.61. The van der Waals surface area contributed by atoms with Gasteiger partial charge in [0.05, 0.1) is 37.4 Å². The molecule has 192 valence electrons. The zero-order valence-corrected chi connectivity index (χ0v) is 21.1. The highest BCUT2D eigenvalue weighted by atomic mass is 32.1. The molecule has 0 spiro atoms. The average molecular weight is 534 g/mol. The van der Waals surface area contributed by atoms with Gasteiger partial charge in [-0.1, -0.05) is 37.1 Å². The summed E-state index contributed by atoms with van der Waals surface area (Å²) in [6.45, 7) is 5.90. The Labute approximate surface area is 212 Å². The molecule has 10 heteroatoms. The van der Waals surface area contributed by atoms with Crippen molar-refractivity contribution in [2.24, 2.45) is 5.41 Å². The van der Waals surface area contributed by atoms with Crippen molar-refractivity contribution in [3.8, 4) is 11.3 Å². The summed E-state index contributed by atoms with van der Waals surface area (Å²) in [7, 11) is 0. The number of nitrogens with zero attached hydrogens (tertiary/aromatic N) is 3. The van der Waals surface area contributed by atoms with Crippen LogP contribution in [-0.4, -0.2) is 21.1 Å². The topological polar surface area (TPSA) is 38.7 Å². The van der Waals surface area contributed by atoms with Gasteiger partial charge in [-0.05, 0) is 43.5 Å². The third-order valence-electron chi connectivity index (χ3n) is 6.45. The Morgan fingerprint density at radius 3 is 2.14 bits per heavy atom. The standard InChI is InChI=1S/C27H21F6N3S/c1-13-7-14(2)9-16(8-13)22-17-10-15-5-6-18-24(36-19(37-18)11-25(3,4)27(31,32)33)20(15)21(26(28,29)30)23(17)35-12-34-22/h5-10,12H,11H2,1-4H3. The first-order chi connectivity index (χ1) is 17.2. The van der Waals surface area contributed by atoms with E-state index in [0.29, 0.717) is 16.0 Å². The molecule has 0 aliphatic carbocycles. The molecule has 0 bridgehead atoms. The fourth-order valence-electron chi connectivity index (χ4n) is 4.62. The Hall–Kier alpha value is -3.27. The highest BCUT2D eigenvalue weighted by molar-refractivity contribution is 7.18. The van der Waals surface area contributed by atoms with Crippen molar-refractivity contribution in [3.05, 3.63) is 64.4 Å². The summed E-state index contributed by atoms with van der Waals surface area (Å²) in [5.74, 6) is 0. The predicted octanol–water partition coefficient (Wildman–Crippen LogP) is 8.83. The van der Waals surface area contributed by atoms with Crippen molar-refractivity contribution in [1.29, 1.82) is 0 Å². The third-order valence-corrected chi connectivity index (χ3v) is 7.47. The molecule has 0 aliphatic heterocycles. The summed E-state index contributed by atoms with van der Waals surface area (Å²) >= 11 is 0.972. The van der Waals surface area contributed by atoms with Gasteiger partial charge in [0.2, 0.25) is 0 Å². The number of benzene rings is 3. The van der Waals surface area contributed by atoms with Crippen molar-refractivity contribution < 1.29 is 26.3 Å². The van der Waals surface area contributed by atoms with Gasteiger partial charge in [-0.25, -0.2) is 15.0 Å². The highest BCUT2D eigenvalue weighted by Crippen LogP contribution is 2.46. The van der Waals surface area contributed by atoms with Crippen LogP contribution in [0.2, 0.25) is 0 Å². The van der Waals surface area contributed by atoms with E-state index >= 15 is 0 Å². The van der Waals surface area contributed by atoms with Gasteiger partial charge in [0.25, 0.3) is 0 Å². The molecular formula is C27H21F6N3S. The summed E-state index contributed by atoms with van der Waals surface area (Å²) in [5, 5.41) is 0.451. The molecule has 0 radical (unpaired) electrons. The van der Waals surface area contributed by atoms with Crippen LogP contribution in [0.3, 0.4) is 0 Å². The number of rotatable bonds is 3. The number of alkyl halides is 6. The van der Waals surface area contributed by atoms with E-state index in [1.807, 2.05) is 32.0 Å². The number of hydrogen-bond donors (Lipinski definition) is 0. The van der Waals surface area contributed by atoms with E-state index in [2.05, 4.69) is 15.0 Å². The second-order valence-corrected chi connectivity index (χ2v) is 11.0. The Bertz CT molecular complexity index is 1660. The highest BCUT2D eigenvalue weighted by Gasteiger charge is 2.47. The Kier molecular flexibility index (Phi) is 5.74. The number of aromatic nitrogens is 3. The fraction of sp³-hybridized carbons (Fsp3) is 0.296. The maximum atomic E-state index is 14.6. The second-order valence-electron chi connectivity index (χ2n) is 9.92. The van der Waals surface area contributed by atoms with Crippen LogP contribution in [0.4, 0.5) is 26.3 Å². The molecule has 2 aromatic heterocycles. The van der Waals surface area contributed by atoms with Gasteiger partial charge < -0.3 is 0 Å². The van der Waals surface area contributed by atoms with Crippen LogP contribution in [0.5, 0.6) is 0 Å². The van der Waals surface area contributed by atoms with Gasteiger partial charge in [0.15, 0.2) is 0 Å². The maximum Gasteiger partial charge on any atom is 0.419 e. The zero-order chi connectivity index (χ0) is 26.9. The Balaban J connectivity index is 1.83. The van der Waals surface area contributed by atoms with Crippen LogP contribution in [0.1, 0.15) is 35.5 Å². The minimum Gasteiger partial charge on any atom is -0.241 e. The maximum absolute atomic E-state index is 14.6. The number of fused-ring (bicyclic) bond motifs is 4. The van der Waals surface area contributed by atoms with E-state index in [4.69, 9.17) is 0 Å². The molecular weight excluding hydrogens is 512 g/mol. The van der Waals surface area contributed by atoms with Crippen LogP contribution in [-0.2, 0) is 12.6 Å². The normalized spacial score (nSPS) is 13.2. The number of hydrogen-bond acceptors (Lipinski definition) is 4. The van der Waals surface area contributed by atoms with Crippen molar-refractivity contribution >= 4 is 43.2 Å². The molecule has 5 aromatic rings. The van der Waals surface area contributed by atoms with E-state index in [1.54, 1.807) is 18.2 Å². The van der Waals surface area contributed by atoms with Gasteiger partial charge in [0.1, 0.15) is 6.33 Å². The first-order valence-electron chi connectivity index (χ1n) is 11.4. The molecule has 3 nitrogen and oxygen atoms in total. The second kappa shape index (κ2) is 8.37. The van der Waals surface area contributed by atoms with Gasteiger partial charge in [-0.15, -0.1) is 11.3 Å². The van der Waals surface area contributed by atoms with Gasteiger partial charge in [-0.2, -0.15) is 26.3 Å². The molecule has 0 atom stereocenters. The monoisotopic (exact) mass is 533 g/mol. The SMILES string of the molecule is Cc1cc(C)cc(-c2ncnc3c(C(F)(F)F)c4c(ccc5sc(CC(C)(C)C(F)(F)F)nc54)cc23)c1. The molecule has 0 saturated heterocycles. The summed E-state index contributed by atoms with van der Waals surface area (Å²) < 4.78 is 84.7. The minimum atomic E-state index is -4.80. The molecule has 5 rings (SSSR count). The van der Waals surface area contributed by atoms with Crippen molar-refractivity contribution in [2.45, 2.75) is 46.5 Å². The molecule has 37 heavy (non-hydrogen) atoms. The van der Waals surface area contributed by atoms with Gasteiger partial charge >= 0.3 is 12.4 Å². The predicted molar refractivity (Wildman–Crippen MR) is 134 cm³/mol. The molecule has 0 aliphatic rings. The van der Waals surface area contributed by atoms with Crippen LogP contribution in [0.25, 0.3) is 43.1 Å². The lowest BCUT2D eigenvalue weighted by molar-refractivity contribution is -0.211. The van der Waals surface area contributed by atoms with Crippen LogP contribution < -0.4 is 0 Å². The van der Waals surface area contributed by atoms with E-state index < -0.39 is 29.8 Å². The Morgan fingerprint density at radius 1 is 0.838 bits per heavy atom. The zero-order valence-electron chi connectivity index (χ0n) is 20.3. The smallest absolute Gasteiger partial charge is 0.241 e. The lowest BCUT2D eigenvalue weighted by Gasteiger charge is -2.26. The van der Waals surface area contributed by atoms with Crippen molar-refractivity contribution in [2.75, 3.05) is 0 Å². The third kappa shape index (κ3) is 4.41. The average Bonchev–Trinajstić information content (AvgIpc) is 3.17. The fourth-order valence-corrected chi connectivity index (χ4v) is 5.82. The first-order valence-corrected chi connectivity index (χ1v) is 12.2. The lowest BCUT2D eigenvalue weighted by Crippen LogP contribution is -2.34. The molecule has 0 unspecified atom stereocenters. The number of halogens is 6. The molecule has 0 amide bonds. The largest absolute Gasteiger partial charge is 0.419 e. The molecule has 2 heterocycles. The van der Waals surface area contributed by atoms with Crippen molar-refractivity contribution in [1.82, 2.24) is 15.0 Å². The quantitative estimate of drug-likeness (QED) is 0.172. The van der Waals surface area contributed by atoms with Crippen LogP contribution >= 0.6 is 11.3 Å². The first kappa shape index (κ1) is 25.4. The van der Waals surface area contributed by atoms with E-state index in [0.717, 1.165) is 42.6 Å².